The summed E-state index contributed by atoms with van der Waals surface area (Å²) in [5.41, 5.74) is 0.178. The minimum Gasteiger partial charge on any atom is -0.478 e. The zero-order valence-electron chi connectivity index (χ0n) is 9.25. The summed E-state index contributed by atoms with van der Waals surface area (Å²) in [6, 6.07) is 4.04. The summed E-state index contributed by atoms with van der Waals surface area (Å²) in [6.45, 7) is 0. The van der Waals surface area contributed by atoms with Gasteiger partial charge in [0.25, 0.3) is 0 Å². The Hall–Kier alpha value is -2.00. The molecule has 1 aromatic heterocycles. The van der Waals surface area contributed by atoms with Crippen molar-refractivity contribution in [1.82, 2.24) is 9.59 Å². The van der Waals surface area contributed by atoms with E-state index in [4.69, 9.17) is 5.11 Å². The number of nitrogens with zero attached hydrogens (tertiary/aromatic N) is 2. The van der Waals surface area contributed by atoms with E-state index in [-0.39, 0.29) is 11.3 Å². The van der Waals surface area contributed by atoms with Crippen LogP contribution in [0.25, 0.3) is 0 Å². The average Bonchev–Trinajstić information content (AvgIpc) is 2.84. The number of para-hydroxylation sites is 1. The van der Waals surface area contributed by atoms with Crippen LogP contribution < -0.4 is 10.6 Å². The fourth-order valence-electron chi connectivity index (χ4n) is 1.31. The highest BCUT2D eigenvalue weighted by Gasteiger charge is 2.15. The predicted molar refractivity (Wildman–Crippen MR) is 73.7 cm³/mol. The second-order valence-electron chi connectivity index (χ2n) is 3.33. The molecule has 2 rings (SSSR count). The lowest BCUT2D eigenvalue weighted by Gasteiger charge is -2.10. The number of carbonyl (C=O) groups is 2. The summed E-state index contributed by atoms with van der Waals surface area (Å²) >= 11 is 4.21. The lowest BCUT2D eigenvalue weighted by molar-refractivity contribution is 0.0698. The summed E-state index contributed by atoms with van der Waals surface area (Å²) in [5, 5.41) is 18.0. The van der Waals surface area contributed by atoms with Gasteiger partial charge in [0.15, 0.2) is 0 Å². The van der Waals surface area contributed by atoms with Crippen molar-refractivity contribution < 1.29 is 14.7 Å². The number of hydrogen-bond acceptors (Lipinski definition) is 5. The number of anilines is 2. The zero-order chi connectivity index (χ0) is 13.8. The Morgan fingerprint density at radius 3 is 2.74 bits per heavy atom. The fraction of sp³-hybridized carbons (Fsp3) is 0. The summed E-state index contributed by atoms with van der Waals surface area (Å²) in [4.78, 5) is 22.8. The van der Waals surface area contributed by atoms with Gasteiger partial charge >= 0.3 is 12.0 Å². The molecule has 9 heteroatoms. The van der Waals surface area contributed by atoms with Crippen molar-refractivity contribution >= 4 is 50.2 Å². The Balaban J connectivity index is 2.19. The predicted octanol–water partition coefficient (Wildman–Crippen LogP) is 2.64. The van der Waals surface area contributed by atoms with Gasteiger partial charge in [-0.2, -0.15) is 0 Å². The topological polar surface area (TPSA) is 104 Å². The molecule has 0 saturated carbocycles. The second kappa shape index (κ2) is 5.76. The van der Waals surface area contributed by atoms with Crippen molar-refractivity contribution in [3.05, 3.63) is 34.4 Å². The van der Waals surface area contributed by atoms with Crippen molar-refractivity contribution in [2.24, 2.45) is 0 Å². The van der Waals surface area contributed by atoms with Crippen LogP contribution in [0.15, 0.2) is 28.9 Å². The fourth-order valence-corrected chi connectivity index (χ4v) is 2.19. The molecule has 98 valence electrons. The third kappa shape index (κ3) is 3.26. The van der Waals surface area contributed by atoms with Crippen molar-refractivity contribution in [3.8, 4) is 0 Å². The zero-order valence-corrected chi connectivity index (χ0v) is 11.7. The largest absolute Gasteiger partial charge is 0.478 e. The molecular weight excluding hydrogens is 336 g/mol. The highest BCUT2D eigenvalue weighted by atomic mass is 79.9. The Bertz CT molecular complexity index is 617. The van der Waals surface area contributed by atoms with E-state index in [2.05, 4.69) is 36.2 Å². The van der Waals surface area contributed by atoms with E-state index < -0.39 is 12.0 Å². The van der Waals surface area contributed by atoms with Gasteiger partial charge in [-0.25, -0.2) is 9.59 Å². The number of carboxylic acid groups (broad SMARTS) is 1. The van der Waals surface area contributed by atoms with Crippen LogP contribution >= 0.6 is 27.5 Å². The number of hydrogen-bond donors (Lipinski definition) is 3. The van der Waals surface area contributed by atoms with E-state index in [0.717, 1.165) is 11.5 Å². The Labute approximate surface area is 119 Å². The van der Waals surface area contributed by atoms with Crippen LogP contribution in [0.3, 0.4) is 0 Å². The first kappa shape index (κ1) is 13.4. The SMILES string of the molecule is O=C(Nc1cnns1)Nc1c(Br)cccc1C(=O)O. The molecule has 0 saturated heterocycles. The standard InChI is InChI=1S/C10H7BrN4O3S/c11-6-3-1-2-5(9(16)17)8(6)14-10(18)13-7-4-12-15-19-7/h1-4H,(H,16,17)(H2,13,14,18). The molecule has 2 aromatic rings. The monoisotopic (exact) mass is 342 g/mol. The van der Waals surface area contributed by atoms with Gasteiger partial charge in [0.05, 0.1) is 17.4 Å². The van der Waals surface area contributed by atoms with Crippen LogP contribution in [0.4, 0.5) is 15.5 Å². The van der Waals surface area contributed by atoms with Crippen LogP contribution in [0.2, 0.25) is 0 Å². The average molecular weight is 343 g/mol. The highest BCUT2D eigenvalue weighted by molar-refractivity contribution is 9.10. The van der Waals surface area contributed by atoms with E-state index in [1.807, 2.05) is 0 Å². The van der Waals surface area contributed by atoms with E-state index in [0.29, 0.717) is 9.47 Å². The van der Waals surface area contributed by atoms with Crippen molar-refractivity contribution in [2.75, 3.05) is 10.6 Å². The van der Waals surface area contributed by atoms with Gasteiger partial charge in [-0.1, -0.05) is 10.6 Å². The number of benzene rings is 1. The number of aromatic carboxylic acids is 1. The number of amides is 2. The molecule has 0 bridgehead atoms. The molecule has 7 nitrogen and oxygen atoms in total. The minimum absolute atomic E-state index is 0.00745. The molecule has 0 atom stereocenters. The summed E-state index contributed by atoms with van der Waals surface area (Å²) < 4.78 is 4.07. The van der Waals surface area contributed by atoms with Crippen molar-refractivity contribution in [1.29, 1.82) is 0 Å². The lowest BCUT2D eigenvalue weighted by atomic mass is 10.2. The smallest absolute Gasteiger partial charge is 0.337 e. The molecule has 1 aromatic carbocycles. The molecule has 0 fully saturated rings. The Morgan fingerprint density at radius 1 is 1.32 bits per heavy atom. The van der Waals surface area contributed by atoms with Gasteiger partial charge in [-0.15, -0.1) is 5.10 Å². The first-order chi connectivity index (χ1) is 9.08. The van der Waals surface area contributed by atoms with E-state index in [1.165, 1.54) is 12.3 Å². The second-order valence-corrected chi connectivity index (χ2v) is 4.97. The van der Waals surface area contributed by atoms with Gasteiger partial charge in [0.2, 0.25) is 0 Å². The van der Waals surface area contributed by atoms with Gasteiger partial charge in [-0.3, -0.25) is 5.32 Å². The maximum atomic E-state index is 11.7. The molecule has 3 N–H and O–H groups in total. The number of carboxylic acids is 1. The molecular formula is C10H7BrN4O3S. The Kier molecular flexibility index (Phi) is 4.07. The minimum atomic E-state index is -1.13. The highest BCUT2D eigenvalue weighted by Crippen LogP contribution is 2.26. The molecule has 0 unspecified atom stereocenters. The molecule has 0 aliphatic rings. The normalized spacial score (nSPS) is 9.95. The van der Waals surface area contributed by atoms with Crippen LogP contribution in [0.1, 0.15) is 10.4 Å². The molecule has 0 aliphatic heterocycles. The lowest BCUT2D eigenvalue weighted by Crippen LogP contribution is -2.20. The molecule has 2 amide bonds. The van der Waals surface area contributed by atoms with Crippen LogP contribution in [0, 0.1) is 0 Å². The quantitative estimate of drug-likeness (QED) is 0.795. The van der Waals surface area contributed by atoms with E-state index in [1.54, 1.807) is 12.1 Å². The summed E-state index contributed by atoms with van der Waals surface area (Å²) in [6.07, 6.45) is 1.39. The van der Waals surface area contributed by atoms with Gasteiger partial charge < -0.3 is 10.4 Å². The van der Waals surface area contributed by atoms with Crippen LogP contribution in [0.5, 0.6) is 0 Å². The Morgan fingerprint density at radius 2 is 2.11 bits per heavy atom. The number of carbonyl (C=O) groups excluding carboxylic acids is 1. The molecule has 19 heavy (non-hydrogen) atoms. The maximum absolute atomic E-state index is 11.7. The van der Waals surface area contributed by atoms with Gasteiger partial charge in [-0.05, 0) is 28.1 Å². The summed E-state index contributed by atoms with van der Waals surface area (Å²) in [5.74, 6) is -1.13. The molecule has 0 aliphatic carbocycles. The maximum Gasteiger partial charge on any atom is 0.337 e. The van der Waals surface area contributed by atoms with Crippen molar-refractivity contribution in [3.63, 3.8) is 0 Å². The molecule has 0 radical (unpaired) electrons. The molecule has 1 heterocycles. The number of aromatic nitrogens is 2. The number of rotatable bonds is 3. The third-order valence-electron chi connectivity index (χ3n) is 2.08. The summed E-state index contributed by atoms with van der Waals surface area (Å²) in [7, 11) is 0. The number of halogens is 1. The van der Waals surface area contributed by atoms with Crippen LogP contribution in [-0.2, 0) is 0 Å². The number of nitrogens with one attached hydrogen (secondary N) is 2. The first-order valence-corrected chi connectivity index (χ1v) is 6.51. The van der Waals surface area contributed by atoms with E-state index >= 15 is 0 Å². The number of urea groups is 1. The van der Waals surface area contributed by atoms with Crippen LogP contribution in [-0.4, -0.2) is 26.7 Å². The van der Waals surface area contributed by atoms with Gasteiger partial charge in [0, 0.05) is 16.0 Å². The molecule has 0 spiro atoms. The third-order valence-corrected chi connectivity index (χ3v) is 3.32. The van der Waals surface area contributed by atoms with Crippen molar-refractivity contribution in [2.45, 2.75) is 0 Å². The van der Waals surface area contributed by atoms with Gasteiger partial charge in [0.1, 0.15) is 5.00 Å². The first-order valence-electron chi connectivity index (χ1n) is 4.95. The van der Waals surface area contributed by atoms with E-state index in [9.17, 15) is 9.59 Å².